The Morgan fingerprint density at radius 2 is 1.93 bits per heavy atom. The van der Waals surface area contributed by atoms with Crippen molar-refractivity contribution in [3.63, 3.8) is 0 Å². The van der Waals surface area contributed by atoms with Gasteiger partial charge in [-0.15, -0.1) is 0 Å². The zero-order valence-corrected chi connectivity index (χ0v) is 16.2. The minimum absolute atomic E-state index is 0.120. The van der Waals surface area contributed by atoms with Gasteiger partial charge in [0, 0.05) is 63.3 Å². The number of aryl methyl sites for hydroxylation is 1. The van der Waals surface area contributed by atoms with E-state index in [1.807, 2.05) is 11.0 Å². The molecule has 0 aromatic carbocycles. The van der Waals surface area contributed by atoms with Crippen molar-refractivity contribution in [2.75, 3.05) is 42.9 Å². The van der Waals surface area contributed by atoms with Gasteiger partial charge in [0.2, 0.25) is 11.9 Å². The molecule has 150 valence electrons. The molecular weight excluding hydrogens is 372 g/mol. The number of pyridine rings is 1. The van der Waals surface area contributed by atoms with Gasteiger partial charge >= 0.3 is 0 Å². The third-order valence-electron chi connectivity index (χ3n) is 4.65. The van der Waals surface area contributed by atoms with Crippen LogP contribution >= 0.6 is 0 Å². The van der Waals surface area contributed by atoms with E-state index in [1.165, 1.54) is 0 Å². The van der Waals surface area contributed by atoms with Crippen molar-refractivity contribution in [3.05, 3.63) is 42.6 Å². The quantitative estimate of drug-likeness (QED) is 0.662. The molecule has 3 aromatic heterocycles. The number of hydrogen-bond acceptors (Lipinski definition) is 9. The first-order chi connectivity index (χ1) is 14.2. The van der Waals surface area contributed by atoms with E-state index in [9.17, 15) is 4.79 Å². The summed E-state index contributed by atoms with van der Waals surface area (Å²) in [5, 5.41) is 6.98. The molecule has 4 heterocycles. The molecule has 1 fully saturated rings. The molecule has 10 nitrogen and oxygen atoms in total. The van der Waals surface area contributed by atoms with Crippen LogP contribution in [0.1, 0.15) is 12.2 Å². The van der Waals surface area contributed by atoms with Crippen LogP contribution in [0.4, 0.5) is 11.8 Å². The highest BCUT2D eigenvalue weighted by Gasteiger charge is 2.22. The SMILES string of the molecule is Cc1noc(-c2ccnc(NCCC(=O)N3CCN(c4ncccn4)CC3)c2)n1. The number of amides is 1. The van der Waals surface area contributed by atoms with Gasteiger partial charge in [0.1, 0.15) is 5.82 Å². The lowest BCUT2D eigenvalue weighted by molar-refractivity contribution is -0.131. The number of nitrogens with one attached hydrogen (secondary N) is 1. The molecule has 29 heavy (non-hydrogen) atoms. The van der Waals surface area contributed by atoms with Crippen LogP contribution in [0.3, 0.4) is 0 Å². The van der Waals surface area contributed by atoms with Gasteiger partial charge in [0.25, 0.3) is 5.89 Å². The Morgan fingerprint density at radius 1 is 1.14 bits per heavy atom. The standard InChI is InChI=1S/C19H22N8O2/c1-14-24-18(29-25-14)15-3-7-20-16(13-15)21-8-4-17(28)26-9-11-27(12-10-26)19-22-5-2-6-23-19/h2-3,5-7,13H,4,8-12H2,1H3,(H,20,21). The van der Waals surface area contributed by atoms with Gasteiger partial charge in [-0.2, -0.15) is 4.98 Å². The number of carbonyl (C=O) groups is 1. The van der Waals surface area contributed by atoms with Crippen molar-refractivity contribution < 1.29 is 9.32 Å². The summed E-state index contributed by atoms with van der Waals surface area (Å²) in [4.78, 5) is 33.5. The van der Waals surface area contributed by atoms with Crippen molar-refractivity contribution in [2.45, 2.75) is 13.3 Å². The number of anilines is 2. The Balaban J connectivity index is 1.24. The van der Waals surface area contributed by atoms with Crippen LogP contribution in [-0.4, -0.2) is 68.6 Å². The Hall–Kier alpha value is -3.56. The lowest BCUT2D eigenvalue weighted by atomic mass is 10.2. The molecule has 4 rings (SSSR count). The first-order valence-electron chi connectivity index (χ1n) is 9.49. The molecule has 1 N–H and O–H groups in total. The number of hydrogen-bond donors (Lipinski definition) is 1. The van der Waals surface area contributed by atoms with E-state index < -0.39 is 0 Å². The smallest absolute Gasteiger partial charge is 0.258 e. The second-order valence-electron chi connectivity index (χ2n) is 6.67. The molecule has 3 aromatic rings. The number of aromatic nitrogens is 5. The largest absolute Gasteiger partial charge is 0.370 e. The lowest BCUT2D eigenvalue weighted by Gasteiger charge is -2.34. The number of piperazine rings is 1. The van der Waals surface area contributed by atoms with E-state index in [1.54, 1.807) is 37.6 Å². The molecule has 1 saturated heterocycles. The van der Waals surface area contributed by atoms with Crippen LogP contribution in [0.25, 0.3) is 11.5 Å². The molecule has 0 spiro atoms. The summed E-state index contributed by atoms with van der Waals surface area (Å²) >= 11 is 0. The molecule has 0 bridgehead atoms. The second-order valence-corrected chi connectivity index (χ2v) is 6.67. The zero-order chi connectivity index (χ0) is 20.1. The fraction of sp³-hybridized carbons (Fsp3) is 0.368. The molecular formula is C19H22N8O2. The summed E-state index contributed by atoms with van der Waals surface area (Å²) in [5.74, 6) is 2.52. The van der Waals surface area contributed by atoms with E-state index in [2.05, 4.69) is 35.3 Å². The van der Waals surface area contributed by atoms with E-state index in [4.69, 9.17) is 4.52 Å². The topological polar surface area (TPSA) is 113 Å². The highest BCUT2D eigenvalue weighted by molar-refractivity contribution is 5.77. The molecule has 1 amide bonds. The molecule has 1 aliphatic rings. The van der Waals surface area contributed by atoms with Gasteiger partial charge in [-0.3, -0.25) is 4.79 Å². The van der Waals surface area contributed by atoms with Crippen LogP contribution in [0.2, 0.25) is 0 Å². The number of carbonyl (C=O) groups excluding carboxylic acids is 1. The highest BCUT2D eigenvalue weighted by Crippen LogP contribution is 2.19. The van der Waals surface area contributed by atoms with Gasteiger partial charge in [-0.1, -0.05) is 5.16 Å². The van der Waals surface area contributed by atoms with Gasteiger partial charge in [-0.05, 0) is 25.1 Å². The van der Waals surface area contributed by atoms with Gasteiger partial charge in [0.05, 0.1) is 0 Å². The Kier molecular flexibility index (Phi) is 5.59. The van der Waals surface area contributed by atoms with Crippen molar-refractivity contribution in [3.8, 4) is 11.5 Å². The lowest BCUT2D eigenvalue weighted by Crippen LogP contribution is -2.49. The first kappa shape index (κ1) is 18.8. The summed E-state index contributed by atoms with van der Waals surface area (Å²) in [6.07, 6.45) is 5.53. The highest BCUT2D eigenvalue weighted by atomic mass is 16.5. The average molecular weight is 394 g/mol. The molecule has 0 aliphatic carbocycles. The fourth-order valence-electron chi connectivity index (χ4n) is 3.14. The maximum absolute atomic E-state index is 12.5. The Labute approximate surface area is 168 Å². The van der Waals surface area contributed by atoms with Crippen LogP contribution in [0.15, 0.2) is 41.3 Å². The number of rotatable bonds is 6. The van der Waals surface area contributed by atoms with Crippen molar-refractivity contribution in [2.24, 2.45) is 0 Å². The van der Waals surface area contributed by atoms with E-state index in [0.717, 1.165) is 18.7 Å². The van der Waals surface area contributed by atoms with Crippen LogP contribution in [0.5, 0.6) is 0 Å². The van der Waals surface area contributed by atoms with E-state index in [-0.39, 0.29) is 5.91 Å². The van der Waals surface area contributed by atoms with Crippen molar-refractivity contribution >= 4 is 17.7 Å². The maximum atomic E-state index is 12.5. The molecule has 10 heteroatoms. The van der Waals surface area contributed by atoms with Crippen molar-refractivity contribution in [1.29, 1.82) is 0 Å². The minimum atomic E-state index is 0.120. The summed E-state index contributed by atoms with van der Waals surface area (Å²) in [6.45, 7) is 5.07. The molecule has 1 aliphatic heterocycles. The third-order valence-corrected chi connectivity index (χ3v) is 4.65. The van der Waals surface area contributed by atoms with Crippen LogP contribution in [0, 0.1) is 6.92 Å². The van der Waals surface area contributed by atoms with Crippen molar-refractivity contribution in [1.82, 2.24) is 30.0 Å². The Bertz CT molecular complexity index is 954. The second kappa shape index (κ2) is 8.63. The van der Waals surface area contributed by atoms with Crippen LogP contribution < -0.4 is 10.2 Å². The van der Waals surface area contributed by atoms with Gasteiger partial charge < -0.3 is 19.6 Å². The third kappa shape index (κ3) is 4.65. The first-order valence-corrected chi connectivity index (χ1v) is 9.49. The fourth-order valence-corrected chi connectivity index (χ4v) is 3.14. The molecule has 0 saturated carbocycles. The predicted molar refractivity (Wildman–Crippen MR) is 106 cm³/mol. The summed E-state index contributed by atoms with van der Waals surface area (Å²) in [7, 11) is 0. The van der Waals surface area contributed by atoms with Gasteiger partial charge in [0.15, 0.2) is 5.82 Å². The monoisotopic (exact) mass is 394 g/mol. The van der Waals surface area contributed by atoms with E-state index in [0.29, 0.717) is 49.5 Å². The maximum Gasteiger partial charge on any atom is 0.258 e. The molecule has 0 atom stereocenters. The summed E-state index contributed by atoms with van der Waals surface area (Å²) in [5.41, 5.74) is 0.786. The Morgan fingerprint density at radius 3 is 2.66 bits per heavy atom. The average Bonchev–Trinajstić information content (AvgIpc) is 3.21. The van der Waals surface area contributed by atoms with E-state index >= 15 is 0 Å². The summed E-state index contributed by atoms with van der Waals surface area (Å²) in [6, 6.07) is 5.43. The zero-order valence-electron chi connectivity index (χ0n) is 16.2. The molecule has 0 radical (unpaired) electrons. The summed E-state index contributed by atoms with van der Waals surface area (Å²) < 4.78 is 5.18. The molecule has 0 unspecified atom stereocenters. The van der Waals surface area contributed by atoms with Crippen LogP contribution in [-0.2, 0) is 4.79 Å². The predicted octanol–water partition coefficient (Wildman–Crippen LogP) is 1.38. The normalized spacial score (nSPS) is 14.1. The minimum Gasteiger partial charge on any atom is -0.370 e. The number of nitrogens with zero attached hydrogens (tertiary/aromatic N) is 7. The van der Waals surface area contributed by atoms with Gasteiger partial charge in [-0.25, -0.2) is 15.0 Å².